The Labute approximate surface area is 90.3 Å². The molecule has 1 aliphatic heterocycles. The first-order chi connectivity index (χ1) is 7.06. The Bertz CT molecular complexity index is 293. The van der Waals surface area contributed by atoms with E-state index < -0.39 is 0 Å². The van der Waals surface area contributed by atoms with Gasteiger partial charge in [0.05, 0.1) is 12.5 Å². The lowest BCUT2D eigenvalue weighted by Crippen LogP contribution is -2.38. The Morgan fingerprint density at radius 2 is 2.20 bits per heavy atom. The molecule has 0 bridgehead atoms. The second kappa shape index (κ2) is 5.07. The maximum Gasteiger partial charge on any atom is 0.246 e. The van der Waals surface area contributed by atoms with Gasteiger partial charge in [0, 0.05) is 13.1 Å². The third kappa shape index (κ3) is 2.89. The van der Waals surface area contributed by atoms with Crippen molar-refractivity contribution >= 4 is 11.8 Å². The van der Waals surface area contributed by atoms with Crippen molar-refractivity contribution in [2.75, 3.05) is 13.1 Å². The molecule has 0 aromatic rings. The number of likely N-dealkylation sites (tertiary alicyclic amines) is 1. The van der Waals surface area contributed by atoms with Crippen molar-refractivity contribution in [3.8, 4) is 0 Å². The number of imide groups is 1. The summed E-state index contributed by atoms with van der Waals surface area (Å²) in [5.41, 5.74) is 1.20. The first-order valence-electron chi connectivity index (χ1n) is 5.27. The van der Waals surface area contributed by atoms with Crippen LogP contribution in [0.1, 0.15) is 27.2 Å². The SMILES string of the molecule is CCN1C(=O)CC(NCC=C(C)C)C1=O. The van der Waals surface area contributed by atoms with Crippen LogP contribution in [0.2, 0.25) is 0 Å². The number of carbonyl (C=O) groups excluding carboxylic acids is 2. The van der Waals surface area contributed by atoms with Crippen LogP contribution in [0.3, 0.4) is 0 Å². The lowest BCUT2D eigenvalue weighted by Gasteiger charge is -2.12. The van der Waals surface area contributed by atoms with E-state index in [1.807, 2.05) is 26.8 Å². The highest BCUT2D eigenvalue weighted by Crippen LogP contribution is 2.12. The second-order valence-corrected chi connectivity index (χ2v) is 3.92. The molecule has 0 aromatic carbocycles. The number of likely N-dealkylation sites (N-methyl/N-ethyl adjacent to an activating group) is 1. The van der Waals surface area contributed by atoms with Crippen LogP contribution in [0.5, 0.6) is 0 Å². The minimum atomic E-state index is -0.326. The molecule has 84 valence electrons. The molecule has 0 aromatic heterocycles. The van der Waals surface area contributed by atoms with E-state index in [0.717, 1.165) is 0 Å². The van der Waals surface area contributed by atoms with Gasteiger partial charge in [-0.05, 0) is 20.8 Å². The summed E-state index contributed by atoms with van der Waals surface area (Å²) < 4.78 is 0. The van der Waals surface area contributed by atoms with Crippen LogP contribution in [0, 0.1) is 0 Å². The number of carbonyl (C=O) groups is 2. The number of hydrogen-bond acceptors (Lipinski definition) is 3. The summed E-state index contributed by atoms with van der Waals surface area (Å²) in [4.78, 5) is 24.3. The van der Waals surface area contributed by atoms with Gasteiger partial charge in [-0.25, -0.2) is 0 Å². The summed E-state index contributed by atoms with van der Waals surface area (Å²) in [6.45, 7) is 6.93. The predicted molar refractivity (Wildman–Crippen MR) is 58.2 cm³/mol. The largest absolute Gasteiger partial charge is 0.302 e. The molecule has 15 heavy (non-hydrogen) atoms. The second-order valence-electron chi connectivity index (χ2n) is 3.92. The minimum absolute atomic E-state index is 0.0720. The maximum atomic E-state index is 11.6. The fraction of sp³-hybridized carbons (Fsp3) is 0.636. The molecule has 4 nitrogen and oxygen atoms in total. The molecule has 1 heterocycles. The van der Waals surface area contributed by atoms with Gasteiger partial charge in [0.15, 0.2) is 0 Å². The molecular formula is C11H18N2O2. The van der Waals surface area contributed by atoms with Crippen molar-refractivity contribution in [3.63, 3.8) is 0 Å². The summed E-state index contributed by atoms with van der Waals surface area (Å²) >= 11 is 0. The average Bonchev–Trinajstić information content (AvgIpc) is 2.41. The van der Waals surface area contributed by atoms with Gasteiger partial charge in [-0.1, -0.05) is 11.6 Å². The van der Waals surface area contributed by atoms with E-state index in [2.05, 4.69) is 5.32 Å². The fourth-order valence-corrected chi connectivity index (χ4v) is 1.58. The number of amides is 2. The topological polar surface area (TPSA) is 49.4 Å². The van der Waals surface area contributed by atoms with Crippen LogP contribution >= 0.6 is 0 Å². The molecule has 1 aliphatic rings. The Balaban J connectivity index is 2.49. The van der Waals surface area contributed by atoms with Gasteiger partial charge in [0.25, 0.3) is 0 Å². The molecule has 4 heteroatoms. The van der Waals surface area contributed by atoms with Gasteiger partial charge < -0.3 is 5.32 Å². The van der Waals surface area contributed by atoms with Gasteiger partial charge in [0.1, 0.15) is 0 Å². The van der Waals surface area contributed by atoms with Crippen molar-refractivity contribution in [2.45, 2.75) is 33.2 Å². The van der Waals surface area contributed by atoms with Crippen LogP contribution in [-0.4, -0.2) is 35.8 Å². The molecule has 1 fully saturated rings. The van der Waals surface area contributed by atoms with E-state index in [0.29, 0.717) is 19.5 Å². The molecule has 1 saturated heterocycles. The van der Waals surface area contributed by atoms with E-state index >= 15 is 0 Å². The lowest BCUT2D eigenvalue weighted by atomic mass is 10.2. The van der Waals surface area contributed by atoms with Gasteiger partial charge in [0.2, 0.25) is 11.8 Å². The predicted octanol–water partition coefficient (Wildman–Crippen LogP) is 0.690. The first-order valence-corrected chi connectivity index (χ1v) is 5.27. The van der Waals surface area contributed by atoms with Gasteiger partial charge in [-0.3, -0.25) is 14.5 Å². The standard InChI is InChI=1S/C11H18N2O2/c1-4-13-10(14)7-9(11(13)15)12-6-5-8(2)3/h5,9,12H,4,6-7H2,1-3H3. The van der Waals surface area contributed by atoms with Crippen molar-refractivity contribution in [1.29, 1.82) is 0 Å². The van der Waals surface area contributed by atoms with Crippen molar-refractivity contribution < 1.29 is 9.59 Å². The third-order valence-electron chi connectivity index (χ3n) is 2.43. The number of nitrogens with one attached hydrogen (secondary N) is 1. The molecule has 2 amide bonds. The summed E-state index contributed by atoms with van der Waals surface area (Å²) in [7, 11) is 0. The van der Waals surface area contributed by atoms with Crippen molar-refractivity contribution in [2.24, 2.45) is 0 Å². The van der Waals surface area contributed by atoms with Crippen molar-refractivity contribution in [3.05, 3.63) is 11.6 Å². The Kier molecular flexibility index (Phi) is 4.03. The van der Waals surface area contributed by atoms with Crippen LogP contribution < -0.4 is 5.32 Å². The lowest BCUT2D eigenvalue weighted by molar-refractivity contribution is -0.138. The third-order valence-corrected chi connectivity index (χ3v) is 2.43. The summed E-state index contributed by atoms with van der Waals surface area (Å²) in [6.07, 6.45) is 2.30. The van der Waals surface area contributed by atoms with Gasteiger partial charge in [-0.15, -0.1) is 0 Å². The first kappa shape index (κ1) is 11.9. The zero-order valence-corrected chi connectivity index (χ0v) is 9.54. The van der Waals surface area contributed by atoms with E-state index in [1.54, 1.807) is 0 Å². The van der Waals surface area contributed by atoms with Gasteiger partial charge in [-0.2, -0.15) is 0 Å². The van der Waals surface area contributed by atoms with Crippen LogP contribution in [-0.2, 0) is 9.59 Å². The van der Waals surface area contributed by atoms with Crippen LogP contribution in [0.15, 0.2) is 11.6 Å². The number of hydrogen-bond donors (Lipinski definition) is 1. The van der Waals surface area contributed by atoms with E-state index in [-0.39, 0.29) is 17.9 Å². The van der Waals surface area contributed by atoms with E-state index in [1.165, 1.54) is 10.5 Å². The zero-order chi connectivity index (χ0) is 11.4. The van der Waals surface area contributed by atoms with Crippen LogP contribution in [0.25, 0.3) is 0 Å². The summed E-state index contributed by atoms with van der Waals surface area (Å²) in [5, 5.41) is 3.07. The fourth-order valence-electron chi connectivity index (χ4n) is 1.58. The molecule has 0 saturated carbocycles. The number of rotatable bonds is 4. The smallest absolute Gasteiger partial charge is 0.246 e. The molecule has 0 spiro atoms. The number of nitrogens with zero attached hydrogens (tertiary/aromatic N) is 1. The van der Waals surface area contributed by atoms with E-state index in [4.69, 9.17) is 0 Å². The highest BCUT2D eigenvalue weighted by molar-refractivity contribution is 6.05. The Hall–Kier alpha value is -1.16. The highest BCUT2D eigenvalue weighted by Gasteiger charge is 2.36. The molecule has 1 N–H and O–H groups in total. The van der Waals surface area contributed by atoms with Gasteiger partial charge >= 0.3 is 0 Å². The Morgan fingerprint density at radius 3 is 2.67 bits per heavy atom. The molecular weight excluding hydrogens is 192 g/mol. The minimum Gasteiger partial charge on any atom is -0.302 e. The molecule has 1 unspecified atom stereocenters. The normalized spacial score (nSPS) is 21.0. The average molecular weight is 210 g/mol. The maximum absolute atomic E-state index is 11.6. The zero-order valence-electron chi connectivity index (χ0n) is 9.54. The quantitative estimate of drug-likeness (QED) is 0.548. The summed E-state index contributed by atoms with van der Waals surface area (Å²) in [6, 6.07) is -0.326. The van der Waals surface area contributed by atoms with E-state index in [9.17, 15) is 9.59 Å². The molecule has 1 rings (SSSR count). The monoisotopic (exact) mass is 210 g/mol. The molecule has 1 atom stereocenters. The molecule has 0 aliphatic carbocycles. The number of allylic oxidation sites excluding steroid dienone is 1. The Morgan fingerprint density at radius 1 is 1.53 bits per heavy atom. The highest BCUT2D eigenvalue weighted by atomic mass is 16.2. The van der Waals surface area contributed by atoms with Crippen molar-refractivity contribution in [1.82, 2.24) is 10.2 Å². The summed E-state index contributed by atoms with van der Waals surface area (Å²) in [5.74, 6) is -0.165. The van der Waals surface area contributed by atoms with Crippen LogP contribution in [0.4, 0.5) is 0 Å². The molecule has 0 radical (unpaired) electrons.